The number of aromatic nitrogens is 2. The highest BCUT2D eigenvalue weighted by atomic mass is 15.1. The molecule has 2 nitrogen and oxygen atoms in total. The van der Waals surface area contributed by atoms with Gasteiger partial charge in [-0.15, -0.1) is 0 Å². The SMILES string of the molecule is C1=C2CCC3C4CCCC4CCC3C2Cc2cn[nH]c21. The van der Waals surface area contributed by atoms with Gasteiger partial charge < -0.3 is 0 Å². The molecule has 0 aliphatic heterocycles. The van der Waals surface area contributed by atoms with E-state index in [9.17, 15) is 0 Å². The quantitative estimate of drug-likeness (QED) is 0.750. The number of rotatable bonds is 0. The fourth-order valence-electron chi connectivity index (χ4n) is 6.14. The lowest BCUT2D eigenvalue weighted by molar-refractivity contribution is 0.0545. The van der Waals surface area contributed by atoms with Gasteiger partial charge in [0.15, 0.2) is 0 Å². The largest absolute Gasteiger partial charge is 0.278 e. The van der Waals surface area contributed by atoms with Crippen LogP contribution >= 0.6 is 0 Å². The summed E-state index contributed by atoms with van der Waals surface area (Å²) >= 11 is 0. The zero-order valence-electron chi connectivity index (χ0n) is 12.1. The zero-order valence-corrected chi connectivity index (χ0v) is 12.1. The molecule has 0 saturated heterocycles. The standard InChI is InChI=1S/C18H24N2/c1-2-11-4-6-16-15(14(11)3-1)7-5-12-9-18-13(8-17(12)16)10-19-20-18/h9-11,14-17H,1-8H2,(H,19,20). The summed E-state index contributed by atoms with van der Waals surface area (Å²) in [4.78, 5) is 0. The second-order valence-corrected chi connectivity index (χ2v) is 7.64. The van der Waals surface area contributed by atoms with Crippen LogP contribution < -0.4 is 0 Å². The van der Waals surface area contributed by atoms with Crippen molar-refractivity contribution in [3.8, 4) is 0 Å². The summed E-state index contributed by atoms with van der Waals surface area (Å²) in [7, 11) is 0. The van der Waals surface area contributed by atoms with Crippen LogP contribution in [0.4, 0.5) is 0 Å². The number of aromatic amines is 1. The molecule has 0 amide bonds. The molecule has 106 valence electrons. The molecule has 1 heterocycles. The fraction of sp³-hybridized carbons (Fsp3) is 0.722. The Morgan fingerprint density at radius 3 is 3.00 bits per heavy atom. The van der Waals surface area contributed by atoms with Crippen molar-refractivity contribution < 1.29 is 0 Å². The number of nitrogens with one attached hydrogen (secondary N) is 1. The Bertz CT molecular complexity index is 556. The molecule has 5 atom stereocenters. The lowest BCUT2D eigenvalue weighted by Crippen LogP contribution is -2.41. The molecule has 1 aromatic rings. The molecule has 5 unspecified atom stereocenters. The van der Waals surface area contributed by atoms with E-state index in [0.717, 1.165) is 29.6 Å². The fourth-order valence-corrected chi connectivity index (χ4v) is 6.14. The van der Waals surface area contributed by atoms with Crippen LogP contribution in [-0.4, -0.2) is 10.2 Å². The van der Waals surface area contributed by atoms with Gasteiger partial charge in [0.25, 0.3) is 0 Å². The van der Waals surface area contributed by atoms with Crippen LogP contribution in [0.5, 0.6) is 0 Å². The summed E-state index contributed by atoms with van der Waals surface area (Å²) in [6, 6.07) is 0. The van der Waals surface area contributed by atoms with Crippen molar-refractivity contribution in [3.05, 3.63) is 23.0 Å². The summed E-state index contributed by atoms with van der Waals surface area (Å²) in [5.74, 6) is 5.06. The van der Waals surface area contributed by atoms with Crippen LogP contribution in [0, 0.1) is 29.6 Å². The Labute approximate surface area is 121 Å². The van der Waals surface area contributed by atoms with Crippen molar-refractivity contribution in [2.45, 2.75) is 51.4 Å². The molecular formula is C18H24N2. The van der Waals surface area contributed by atoms with Crippen LogP contribution in [0.2, 0.25) is 0 Å². The summed E-state index contributed by atoms with van der Waals surface area (Å²) in [6.45, 7) is 0. The first-order chi connectivity index (χ1) is 9.90. The molecule has 4 aliphatic rings. The Hall–Kier alpha value is -1.05. The molecule has 1 N–H and O–H groups in total. The maximum Gasteiger partial charge on any atom is 0.0609 e. The molecule has 0 spiro atoms. The molecule has 1 aromatic heterocycles. The summed E-state index contributed by atoms with van der Waals surface area (Å²) in [5, 5.41) is 7.42. The normalized spacial score (nSPS) is 42.2. The van der Waals surface area contributed by atoms with E-state index in [2.05, 4.69) is 22.5 Å². The number of hydrogen-bond donors (Lipinski definition) is 1. The minimum atomic E-state index is 0.848. The number of allylic oxidation sites excluding steroid dienone is 1. The first kappa shape index (κ1) is 11.6. The lowest BCUT2D eigenvalue weighted by Gasteiger charge is -2.49. The summed E-state index contributed by atoms with van der Waals surface area (Å²) in [6.07, 6.45) is 16.2. The van der Waals surface area contributed by atoms with Crippen molar-refractivity contribution in [2.75, 3.05) is 0 Å². The van der Waals surface area contributed by atoms with E-state index in [4.69, 9.17) is 0 Å². The molecular weight excluding hydrogens is 244 g/mol. The van der Waals surface area contributed by atoms with Gasteiger partial charge in [-0.3, -0.25) is 5.10 Å². The van der Waals surface area contributed by atoms with Crippen LogP contribution in [-0.2, 0) is 6.42 Å². The van der Waals surface area contributed by atoms with Gasteiger partial charge in [-0.1, -0.05) is 18.4 Å². The maximum atomic E-state index is 4.25. The van der Waals surface area contributed by atoms with Gasteiger partial charge in [0.2, 0.25) is 0 Å². The molecule has 4 aliphatic carbocycles. The highest BCUT2D eigenvalue weighted by Crippen LogP contribution is 2.56. The Balaban J connectivity index is 1.49. The lowest BCUT2D eigenvalue weighted by atomic mass is 9.56. The van der Waals surface area contributed by atoms with Crippen molar-refractivity contribution in [1.82, 2.24) is 10.2 Å². The average Bonchev–Trinajstić information content (AvgIpc) is 3.12. The van der Waals surface area contributed by atoms with E-state index in [0.29, 0.717) is 0 Å². The predicted octanol–water partition coefficient (Wildman–Crippen LogP) is 4.20. The molecule has 0 bridgehead atoms. The third kappa shape index (κ3) is 1.54. The van der Waals surface area contributed by atoms with Crippen molar-refractivity contribution in [3.63, 3.8) is 0 Å². The van der Waals surface area contributed by atoms with Gasteiger partial charge >= 0.3 is 0 Å². The molecule has 20 heavy (non-hydrogen) atoms. The van der Waals surface area contributed by atoms with Gasteiger partial charge in [0, 0.05) is 0 Å². The topological polar surface area (TPSA) is 28.7 Å². The maximum absolute atomic E-state index is 4.25. The van der Waals surface area contributed by atoms with Gasteiger partial charge in [-0.2, -0.15) is 5.10 Å². The van der Waals surface area contributed by atoms with E-state index in [1.807, 2.05) is 0 Å². The molecule has 0 radical (unpaired) electrons. The predicted molar refractivity (Wildman–Crippen MR) is 80.0 cm³/mol. The number of nitrogens with zero attached hydrogens (tertiary/aromatic N) is 1. The number of H-pyrrole nitrogens is 1. The zero-order chi connectivity index (χ0) is 13.1. The second-order valence-electron chi connectivity index (χ2n) is 7.64. The minimum absolute atomic E-state index is 0.848. The van der Waals surface area contributed by atoms with Crippen molar-refractivity contribution in [1.29, 1.82) is 0 Å². The third-order valence-corrected chi connectivity index (χ3v) is 6.97. The van der Waals surface area contributed by atoms with Crippen molar-refractivity contribution in [2.24, 2.45) is 29.6 Å². The number of fused-ring (bicyclic) bond motifs is 6. The van der Waals surface area contributed by atoms with Crippen LogP contribution in [0.3, 0.4) is 0 Å². The Kier molecular flexibility index (Phi) is 2.45. The van der Waals surface area contributed by atoms with E-state index < -0.39 is 0 Å². The van der Waals surface area contributed by atoms with Crippen LogP contribution in [0.1, 0.15) is 56.2 Å². The smallest absolute Gasteiger partial charge is 0.0609 e. The van der Waals surface area contributed by atoms with E-state index in [1.165, 1.54) is 62.6 Å². The van der Waals surface area contributed by atoms with E-state index in [1.54, 1.807) is 5.57 Å². The highest BCUT2D eigenvalue weighted by Gasteiger charge is 2.47. The number of hydrogen-bond acceptors (Lipinski definition) is 1. The first-order valence-corrected chi connectivity index (χ1v) is 8.63. The highest BCUT2D eigenvalue weighted by molar-refractivity contribution is 5.57. The van der Waals surface area contributed by atoms with Gasteiger partial charge in [0.05, 0.1) is 11.9 Å². The monoisotopic (exact) mass is 268 g/mol. The summed E-state index contributed by atoms with van der Waals surface area (Å²) < 4.78 is 0. The minimum Gasteiger partial charge on any atom is -0.278 e. The second kappa shape index (κ2) is 4.22. The van der Waals surface area contributed by atoms with Gasteiger partial charge in [-0.25, -0.2) is 0 Å². The average molecular weight is 268 g/mol. The molecule has 2 heteroatoms. The van der Waals surface area contributed by atoms with Crippen LogP contribution in [0.15, 0.2) is 11.8 Å². The Morgan fingerprint density at radius 1 is 1.00 bits per heavy atom. The molecule has 3 saturated carbocycles. The van der Waals surface area contributed by atoms with Crippen molar-refractivity contribution >= 4 is 6.08 Å². The van der Waals surface area contributed by atoms with Gasteiger partial charge in [0.1, 0.15) is 0 Å². The third-order valence-electron chi connectivity index (χ3n) is 6.97. The molecule has 0 aromatic carbocycles. The van der Waals surface area contributed by atoms with E-state index >= 15 is 0 Å². The summed E-state index contributed by atoms with van der Waals surface area (Å²) in [5.41, 5.74) is 4.50. The van der Waals surface area contributed by atoms with Crippen LogP contribution in [0.25, 0.3) is 6.08 Å². The van der Waals surface area contributed by atoms with E-state index in [-0.39, 0.29) is 0 Å². The Morgan fingerprint density at radius 2 is 2.00 bits per heavy atom. The molecule has 3 fully saturated rings. The first-order valence-electron chi connectivity index (χ1n) is 8.63. The molecule has 5 rings (SSSR count). The van der Waals surface area contributed by atoms with Gasteiger partial charge in [-0.05, 0) is 79.8 Å².